The van der Waals surface area contributed by atoms with E-state index < -0.39 is 6.10 Å². The Hall–Kier alpha value is -1.59. The Morgan fingerprint density at radius 3 is 0.980 bits per heavy atom. The van der Waals surface area contributed by atoms with Crippen LogP contribution in [-0.2, 0) is 28.6 Å². The number of esters is 3. The molecule has 0 unspecified atom stereocenters. The van der Waals surface area contributed by atoms with Crippen LogP contribution in [0.3, 0.4) is 0 Å². The molecule has 0 bridgehead atoms. The van der Waals surface area contributed by atoms with Crippen molar-refractivity contribution in [3.63, 3.8) is 0 Å². The summed E-state index contributed by atoms with van der Waals surface area (Å²) in [6.45, 7) is 8.91. The van der Waals surface area contributed by atoms with Gasteiger partial charge in [-0.05, 0) is 25.2 Å². The van der Waals surface area contributed by atoms with Crippen LogP contribution in [0, 0.1) is 5.92 Å². The van der Waals surface area contributed by atoms with Crippen LogP contribution in [0.4, 0.5) is 0 Å². The smallest absolute Gasteiger partial charge is 0.306 e. The summed E-state index contributed by atoms with van der Waals surface area (Å²) >= 11 is 0. The molecule has 0 aliphatic rings. The van der Waals surface area contributed by atoms with Gasteiger partial charge in [0.2, 0.25) is 0 Å². The first-order valence-corrected chi connectivity index (χ1v) is 21.9. The Morgan fingerprint density at radius 2 is 0.660 bits per heavy atom. The molecular formula is C44H84O6. The second kappa shape index (κ2) is 38.6. The fraction of sp³-hybridized carbons (Fsp3) is 0.932. The fourth-order valence-corrected chi connectivity index (χ4v) is 6.45. The van der Waals surface area contributed by atoms with Gasteiger partial charge in [-0.15, -0.1) is 0 Å². The number of hydrogen-bond donors (Lipinski definition) is 0. The minimum absolute atomic E-state index is 0.0654. The highest BCUT2D eigenvalue weighted by Gasteiger charge is 2.19. The molecule has 0 N–H and O–H groups in total. The highest BCUT2D eigenvalue weighted by Crippen LogP contribution is 2.16. The van der Waals surface area contributed by atoms with Crippen LogP contribution in [0.2, 0.25) is 0 Å². The van der Waals surface area contributed by atoms with Crippen LogP contribution in [-0.4, -0.2) is 37.2 Å². The van der Waals surface area contributed by atoms with Crippen molar-refractivity contribution in [2.75, 3.05) is 13.2 Å². The SMILES string of the molecule is CCCCCCCCCCCCCCC(=O)OC[C@@H](COC(=O)CCCCCCCCCCCCCCC(C)C)OC(=O)CCCCCCC. The monoisotopic (exact) mass is 709 g/mol. The molecule has 0 rings (SSSR count). The lowest BCUT2D eigenvalue weighted by atomic mass is 10.0. The maximum Gasteiger partial charge on any atom is 0.306 e. The summed E-state index contributed by atoms with van der Waals surface area (Å²) in [7, 11) is 0. The van der Waals surface area contributed by atoms with Gasteiger partial charge in [0.1, 0.15) is 13.2 Å². The molecule has 0 saturated heterocycles. The van der Waals surface area contributed by atoms with Crippen LogP contribution < -0.4 is 0 Å². The second-order valence-corrected chi connectivity index (χ2v) is 15.5. The molecule has 6 heteroatoms. The van der Waals surface area contributed by atoms with Crippen molar-refractivity contribution in [3.05, 3.63) is 0 Å². The molecule has 1 atom stereocenters. The topological polar surface area (TPSA) is 78.9 Å². The molecule has 0 aliphatic carbocycles. The third-order valence-electron chi connectivity index (χ3n) is 9.79. The Morgan fingerprint density at radius 1 is 0.380 bits per heavy atom. The van der Waals surface area contributed by atoms with Gasteiger partial charge in [0.25, 0.3) is 0 Å². The van der Waals surface area contributed by atoms with Gasteiger partial charge in [0, 0.05) is 19.3 Å². The van der Waals surface area contributed by atoms with Crippen molar-refractivity contribution in [3.8, 4) is 0 Å². The quantitative estimate of drug-likeness (QED) is 0.0359. The zero-order valence-electron chi connectivity index (χ0n) is 33.9. The van der Waals surface area contributed by atoms with E-state index >= 15 is 0 Å². The summed E-state index contributed by atoms with van der Waals surface area (Å²) in [5.41, 5.74) is 0. The molecule has 6 nitrogen and oxygen atoms in total. The van der Waals surface area contributed by atoms with Crippen LogP contribution in [0.15, 0.2) is 0 Å². The van der Waals surface area contributed by atoms with E-state index in [1.165, 1.54) is 128 Å². The van der Waals surface area contributed by atoms with E-state index in [0.29, 0.717) is 19.3 Å². The van der Waals surface area contributed by atoms with Gasteiger partial charge >= 0.3 is 17.9 Å². The molecular weight excluding hydrogens is 624 g/mol. The molecule has 0 saturated carbocycles. The zero-order chi connectivity index (χ0) is 36.8. The summed E-state index contributed by atoms with van der Waals surface area (Å²) in [6.07, 6.45) is 36.9. The van der Waals surface area contributed by atoms with Crippen molar-refractivity contribution in [1.82, 2.24) is 0 Å². The molecule has 50 heavy (non-hydrogen) atoms. The minimum Gasteiger partial charge on any atom is -0.462 e. The fourth-order valence-electron chi connectivity index (χ4n) is 6.45. The van der Waals surface area contributed by atoms with E-state index in [1.807, 2.05) is 0 Å². The molecule has 0 heterocycles. The summed E-state index contributed by atoms with van der Waals surface area (Å²) < 4.78 is 16.6. The van der Waals surface area contributed by atoms with E-state index in [-0.39, 0.29) is 31.1 Å². The molecule has 0 spiro atoms. The number of carbonyl (C=O) groups is 3. The minimum atomic E-state index is -0.756. The van der Waals surface area contributed by atoms with E-state index in [4.69, 9.17) is 14.2 Å². The Labute approximate surface area is 310 Å². The molecule has 0 aromatic rings. The molecule has 296 valence electrons. The number of unbranched alkanes of at least 4 members (excludes halogenated alkanes) is 26. The normalized spacial score (nSPS) is 11.9. The number of carbonyl (C=O) groups excluding carboxylic acids is 3. The average Bonchev–Trinajstić information content (AvgIpc) is 3.09. The molecule has 0 amide bonds. The van der Waals surface area contributed by atoms with Crippen molar-refractivity contribution >= 4 is 17.9 Å². The third kappa shape index (κ3) is 37.7. The van der Waals surface area contributed by atoms with E-state index in [1.54, 1.807) is 0 Å². The van der Waals surface area contributed by atoms with Gasteiger partial charge in [-0.3, -0.25) is 14.4 Å². The van der Waals surface area contributed by atoms with Gasteiger partial charge in [0.05, 0.1) is 0 Å². The first-order chi connectivity index (χ1) is 24.4. The Kier molecular flexibility index (Phi) is 37.4. The summed E-state index contributed by atoms with van der Waals surface area (Å²) in [5.74, 6) is -0.0372. The lowest BCUT2D eigenvalue weighted by Gasteiger charge is -2.18. The largest absolute Gasteiger partial charge is 0.462 e. The van der Waals surface area contributed by atoms with Crippen molar-refractivity contribution in [1.29, 1.82) is 0 Å². The van der Waals surface area contributed by atoms with Crippen molar-refractivity contribution in [2.45, 2.75) is 246 Å². The van der Waals surface area contributed by atoms with Gasteiger partial charge < -0.3 is 14.2 Å². The van der Waals surface area contributed by atoms with Gasteiger partial charge in [-0.1, -0.05) is 201 Å². The first kappa shape index (κ1) is 48.4. The lowest BCUT2D eigenvalue weighted by Crippen LogP contribution is -2.30. The van der Waals surface area contributed by atoms with Crippen molar-refractivity contribution < 1.29 is 28.6 Å². The zero-order valence-corrected chi connectivity index (χ0v) is 33.9. The Bertz CT molecular complexity index is 751. The number of ether oxygens (including phenoxy) is 3. The standard InChI is InChI=1S/C44H84O6/c1-5-7-9-11-12-13-14-18-21-24-28-31-35-42(45)48-38-41(50-44(47)37-33-26-10-8-6-2)39-49-43(46)36-32-29-25-22-19-16-15-17-20-23-27-30-34-40(3)4/h40-41H,5-39H2,1-4H3/t41-/m0/s1. The molecule has 0 radical (unpaired) electrons. The predicted octanol–water partition coefficient (Wildman–Crippen LogP) is 13.6. The van der Waals surface area contributed by atoms with Crippen molar-refractivity contribution in [2.24, 2.45) is 5.92 Å². The lowest BCUT2D eigenvalue weighted by molar-refractivity contribution is -0.167. The number of hydrogen-bond acceptors (Lipinski definition) is 6. The van der Waals surface area contributed by atoms with E-state index in [9.17, 15) is 14.4 Å². The predicted molar refractivity (Wildman–Crippen MR) is 210 cm³/mol. The molecule has 0 aliphatic heterocycles. The molecule has 0 aromatic heterocycles. The van der Waals surface area contributed by atoms with Crippen LogP contribution >= 0.6 is 0 Å². The Balaban J connectivity index is 4.15. The first-order valence-electron chi connectivity index (χ1n) is 21.9. The van der Waals surface area contributed by atoms with Crippen LogP contribution in [0.5, 0.6) is 0 Å². The highest BCUT2D eigenvalue weighted by atomic mass is 16.6. The van der Waals surface area contributed by atoms with E-state index in [0.717, 1.165) is 70.1 Å². The summed E-state index contributed by atoms with van der Waals surface area (Å²) in [6, 6.07) is 0. The number of rotatable bonds is 39. The highest BCUT2D eigenvalue weighted by molar-refractivity contribution is 5.71. The van der Waals surface area contributed by atoms with Gasteiger partial charge in [-0.25, -0.2) is 0 Å². The van der Waals surface area contributed by atoms with E-state index in [2.05, 4.69) is 27.7 Å². The molecule has 0 fully saturated rings. The maximum atomic E-state index is 12.5. The van der Waals surface area contributed by atoms with Crippen LogP contribution in [0.1, 0.15) is 240 Å². The van der Waals surface area contributed by atoms with Gasteiger partial charge in [0.15, 0.2) is 6.10 Å². The van der Waals surface area contributed by atoms with Crippen LogP contribution in [0.25, 0.3) is 0 Å². The van der Waals surface area contributed by atoms with Gasteiger partial charge in [-0.2, -0.15) is 0 Å². The summed E-state index contributed by atoms with van der Waals surface area (Å²) in [5, 5.41) is 0. The second-order valence-electron chi connectivity index (χ2n) is 15.5. The molecule has 0 aromatic carbocycles. The average molecular weight is 709 g/mol. The summed E-state index contributed by atoms with van der Waals surface area (Å²) in [4.78, 5) is 37.4. The maximum absolute atomic E-state index is 12.5. The third-order valence-corrected chi connectivity index (χ3v) is 9.79.